The Hall–Kier alpha value is -0.340. The summed E-state index contributed by atoms with van der Waals surface area (Å²) in [4.78, 5) is 0. The lowest BCUT2D eigenvalue weighted by atomic mass is 10.3. The average molecular weight is 129 g/mol. The van der Waals surface area contributed by atoms with Crippen LogP contribution < -0.4 is 5.73 Å². The van der Waals surface area contributed by atoms with Gasteiger partial charge in [-0.2, -0.15) is 0 Å². The summed E-state index contributed by atoms with van der Waals surface area (Å²) in [5.41, 5.74) is 5.30. The van der Waals surface area contributed by atoms with Crippen molar-refractivity contribution >= 4 is 0 Å². The van der Waals surface area contributed by atoms with Crippen molar-refractivity contribution in [1.29, 1.82) is 0 Å². The summed E-state index contributed by atoms with van der Waals surface area (Å²) in [6.45, 7) is 6.87. The lowest BCUT2D eigenvalue weighted by molar-refractivity contribution is 0.0839. The molecule has 0 heterocycles. The highest BCUT2D eigenvalue weighted by atomic mass is 16.5. The molecule has 0 aliphatic rings. The molecule has 9 heavy (non-hydrogen) atoms. The van der Waals surface area contributed by atoms with E-state index in [1.165, 1.54) is 0 Å². The molecule has 0 aromatic carbocycles. The molecule has 1 atom stereocenters. The van der Waals surface area contributed by atoms with Gasteiger partial charge in [-0.25, -0.2) is 0 Å². The van der Waals surface area contributed by atoms with Crippen LogP contribution in [-0.2, 0) is 4.74 Å². The van der Waals surface area contributed by atoms with Gasteiger partial charge < -0.3 is 10.5 Å². The molecule has 2 nitrogen and oxygen atoms in total. The van der Waals surface area contributed by atoms with Crippen molar-refractivity contribution in [3.63, 3.8) is 0 Å². The monoisotopic (exact) mass is 129 g/mol. The molecule has 0 radical (unpaired) electrons. The first-order valence-corrected chi connectivity index (χ1v) is 3.23. The highest BCUT2D eigenvalue weighted by Crippen LogP contribution is 1.93. The fourth-order valence-corrected chi connectivity index (χ4v) is 0.550. The molecule has 1 unspecified atom stereocenters. The minimum atomic E-state index is 0.271. The molecule has 0 rings (SSSR count). The lowest BCUT2D eigenvalue weighted by Gasteiger charge is -2.08. The summed E-state index contributed by atoms with van der Waals surface area (Å²) in [6.07, 6.45) is 2.94. The van der Waals surface area contributed by atoms with E-state index in [1.807, 2.05) is 6.92 Å². The second kappa shape index (κ2) is 5.79. The van der Waals surface area contributed by atoms with Crippen LogP contribution in [0.2, 0.25) is 0 Å². The maximum atomic E-state index is 5.30. The van der Waals surface area contributed by atoms with Crippen molar-refractivity contribution < 1.29 is 4.74 Å². The normalized spacial score (nSPS) is 13.1. The predicted molar refractivity (Wildman–Crippen MR) is 39.3 cm³/mol. The van der Waals surface area contributed by atoms with Gasteiger partial charge in [0.1, 0.15) is 0 Å². The first-order chi connectivity index (χ1) is 4.31. The molecule has 2 heteroatoms. The summed E-state index contributed by atoms with van der Waals surface area (Å²) in [5.74, 6) is 0. The number of hydrogen-bond acceptors (Lipinski definition) is 2. The Morgan fingerprint density at radius 1 is 1.78 bits per heavy atom. The van der Waals surface area contributed by atoms with E-state index in [-0.39, 0.29) is 6.10 Å². The topological polar surface area (TPSA) is 35.2 Å². The highest BCUT2D eigenvalue weighted by molar-refractivity contribution is 4.65. The third kappa shape index (κ3) is 5.53. The second-order valence-electron chi connectivity index (χ2n) is 2.01. The number of hydrogen-bond donors (Lipinski definition) is 1. The first kappa shape index (κ1) is 8.66. The van der Waals surface area contributed by atoms with Gasteiger partial charge in [0.2, 0.25) is 0 Å². The number of rotatable bonds is 5. The lowest BCUT2D eigenvalue weighted by Crippen LogP contribution is -2.13. The molecule has 0 aromatic heterocycles. The van der Waals surface area contributed by atoms with Crippen molar-refractivity contribution in [2.24, 2.45) is 5.73 Å². The van der Waals surface area contributed by atoms with E-state index in [9.17, 15) is 0 Å². The van der Waals surface area contributed by atoms with Gasteiger partial charge in [0.15, 0.2) is 0 Å². The predicted octanol–water partition coefficient (Wildman–Crippen LogP) is 0.926. The Kier molecular flexibility index (Phi) is 5.57. The van der Waals surface area contributed by atoms with Gasteiger partial charge >= 0.3 is 0 Å². The van der Waals surface area contributed by atoms with E-state index in [2.05, 4.69) is 6.58 Å². The van der Waals surface area contributed by atoms with Crippen LogP contribution in [-0.4, -0.2) is 19.3 Å². The first-order valence-electron chi connectivity index (χ1n) is 3.23. The van der Waals surface area contributed by atoms with Crippen LogP contribution in [0.5, 0.6) is 0 Å². The second-order valence-corrected chi connectivity index (χ2v) is 2.01. The smallest absolute Gasteiger partial charge is 0.0648 e. The maximum Gasteiger partial charge on any atom is 0.0648 e. The van der Waals surface area contributed by atoms with Gasteiger partial charge in [-0.15, -0.1) is 6.58 Å². The molecule has 0 saturated carbocycles. The van der Waals surface area contributed by atoms with E-state index in [1.54, 1.807) is 6.08 Å². The largest absolute Gasteiger partial charge is 0.374 e. The summed E-state index contributed by atoms with van der Waals surface area (Å²) >= 11 is 0. The molecule has 0 aromatic rings. The highest BCUT2D eigenvalue weighted by Gasteiger charge is 1.96. The fourth-order valence-electron chi connectivity index (χ4n) is 0.550. The standard InChI is InChI=1S/C7H15NO/c1-3-6-9-7(2)4-5-8/h3,7H,1,4-6,8H2,2H3. The molecule has 0 fully saturated rings. The molecule has 0 saturated heterocycles. The van der Waals surface area contributed by atoms with Crippen molar-refractivity contribution in [3.8, 4) is 0 Å². The van der Waals surface area contributed by atoms with Gasteiger partial charge in [-0.3, -0.25) is 0 Å². The van der Waals surface area contributed by atoms with Gasteiger partial charge in [-0.05, 0) is 19.9 Å². The Labute approximate surface area is 56.7 Å². The Morgan fingerprint density at radius 3 is 2.89 bits per heavy atom. The zero-order valence-corrected chi connectivity index (χ0v) is 5.97. The molecule has 0 amide bonds. The summed E-state index contributed by atoms with van der Waals surface area (Å²) in [6, 6.07) is 0. The SMILES string of the molecule is C=CCOC(C)CCN. The Bertz CT molecular complexity index is 73.3. The molecule has 54 valence electrons. The van der Waals surface area contributed by atoms with Crippen LogP contribution in [0.1, 0.15) is 13.3 Å². The van der Waals surface area contributed by atoms with Crippen LogP contribution in [0.3, 0.4) is 0 Å². The van der Waals surface area contributed by atoms with Crippen LogP contribution in [0.15, 0.2) is 12.7 Å². The quantitative estimate of drug-likeness (QED) is 0.560. The molecule has 0 bridgehead atoms. The van der Waals surface area contributed by atoms with E-state index in [4.69, 9.17) is 10.5 Å². The Balaban J connectivity index is 3.04. The molecular weight excluding hydrogens is 114 g/mol. The summed E-state index contributed by atoms with van der Waals surface area (Å²) in [5, 5.41) is 0. The molecule has 0 aliphatic carbocycles. The van der Waals surface area contributed by atoms with Crippen molar-refractivity contribution in [3.05, 3.63) is 12.7 Å². The number of ether oxygens (including phenoxy) is 1. The van der Waals surface area contributed by atoms with E-state index >= 15 is 0 Å². The molecule has 2 N–H and O–H groups in total. The molecule has 0 spiro atoms. The Morgan fingerprint density at radius 2 is 2.44 bits per heavy atom. The van der Waals surface area contributed by atoms with Crippen LogP contribution in [0.25, 0.3) is 0 Å². The van der Waals surface area contributed by atoms with E-state index < -0.39 is 0 Å². The van der Waals surface area contributed by atoms with Gasteiger partial charge in [0.05, 0.1) is 12.7 Å². The van der Waals surface area contributed by atoms with Crippen LogP contribution in [0, 0.1) is 0 Å². The zero-order valence-electron chi connectivity index (χ0n) is 5.97. The minimum absolute atomic E-state index is 0.271. The number of nitrogens with two attached hydrogens (primary N) is 1. The molecular formula is C7H15NO. The average Bonchev–Trinajstić information content (AvgIpc) is 1.85. The third-order valence-corrected chi connectivity index (χ3v) is 1.07. The fraction of sp³-hybridized carbons (Fsp3) is 0.714. The van der Waals surface area contributed by atoms with Gasteiger partial charge in [0.25, 0.3) is 0 Å². The van der Waals surface area contributed by atoms with E-state index in [0.29, 0.717) is 13.2 Å². The third-order valence-electron chi connectivity index (χ3n) is 1.07. The summed E-state index contributed by atoms with van der Waals surface area (Å²) < 4.78 is 5.23. The van der Waals surface area contributed by atoms with E-state index in [0.717, 1.165) is 6.42 Å². The minimum Gasteiger partial charge on any atom is -0.374 e. The maximum absolute atomic E-state index is 5.30. The van der Waals surface area contributed by atoms with Crippen LogP contribution in [0.4, 0.5) is 0 Å². The van der Waals surface area contributed by atoms with Crippen molar-refractivity contribution in [2.45, 2.75) is 19.4 Å². The summed E-state index contributed by atoms with van der Waals surface area (Å²) in [7, 11) is 0. The van der Waals surface area contributed by atoms with Crippen molar-refractivity contribution in [2.75, 3.05) is 13.2 Å². The van der Waals surface area contributed by atoms with Crippen LogP contribution >= 0.6 is 0 Å². The van der Waals surface area contributed by atoms with Gasteiger partial charge in [-0.1, -0.05) is 6.08 Å². The van der Waals surface area contributed by atoms with Crippen molar-refractivity contribution in [1.82, 2.24) is 0 Å². The zero-order chi connectivity index (χ0) is 7.11. The van der Waals surface area contributed by atoms with Gasteiger partial charge in [0, 0.05) is 0 Å². The molecule has 0 aliphatic heterocycles.